The standard InChI is InChI=1S/C17H25NO3/c1-12(11-19)13(2)18-17(20)14-7-9-16(10-8-14)21-15-5-3-4-6-15/h7-10,12-13,15,19H,3-6,11H2,1-2H3,(H,18,20). The molecule has 0 saturated heterocycles. The molecule has 2 unspecified atom stereocenters. The number of nitrogens with one attached hydrogen (secondary N) is 1. The molecular formula is C17H25NO3. The van der Waals surface area contributed by atoms with Crippen molar-refractivity contribution in [1.29, 1.82) is 0 Å². The van der Waals surface area contributed by atoms with E-state index >= 15 is 0 Å². The summed E-state index contributed by atoms with van der Waals surface area (Å²) in [6.45, 7) is 3.87. The maximum absolute atomic E-state index is 12.1. The molecule has 2 rings (SSSR count). The molecule has 21 heavy (non-hydrogen) atoms. The van der Waals surface area contributed by atoms with Crippen LogP contribution in [0.2, 0.25) is 0 Å². The van der Waals surface area contributed by atoms with Crippen LogP contribution >= 0.6 is 0 Å². The van der Waals surface area contributed by atoms with Crippen molar-refractivity contribution in [2.75, 3.05) is 6.61 Å². The maximum atomic E-state index is 12.1. The fourth-order valence-electron chi connectivity index (χ4n) is 2.47. The minimum absolute atomic E-state index is 0.0407. The van der Waals surface area contributed by atoms with E-state index in [9.17, 15) is 4.79 Å². The summed E-state index contributed by atoms with van der Waals surface area (Å²) < 4.78 is 5.88. The molecule has 1 aliphatic carbocycles. The van der Waals surface area contributed by atoms with Crippen LogP contribution in [0.5, 0.6) is 5.75 Å². The number of carbonyl (C=O) groups is 1. The molecular weight excluding hydrogens is 266 g/mol. The van der Waals surface area contributed by atoms with Crippen LogP contribution in [-0.2, 0) is 0 Å². The molecule has 0 bridgehead atoms. The van der Waals surface area contributed by atoms with Crippen molar-refractivity contribution < 1.29 is 14.6 Å². The minimum atomic E-state index is -0.116. The Bertz CT molecular complexity index is 452. The van der Waals surface area contributed by atoms with Crippen molar-refractivity contribution in [2.45, 2.75) is 51.7 Å². The van der Waals surface area contributed by atoms with Crippen LogP contribution in [0.25, 0.3) is 0 Å². The van der Waals surface area contributed by atoms with Gasteiger partial charge in [-0.25, -0.2) is 0 Å². The first-order valence-electron chi connectivity index (χ1n) is 7.78. The van der Waals surface area contributed by atoms with Gasteiger partial charge >= 0.3 is 0 Å². The highest BCUT2D eigenvalue weighted by Gasteiger charge is 2.17. The molecule has 0 aromatic heterocycles. The smallest absolute Gasteiger partial charge is 0.251 e. The second-order valence-electron chi connectivity index (χ2n) is 5.97. The molecule has 0 spiro atoms. The molecule has 4 heteroatoms. The monoisotopic (exact) mass is 291 g/mol. The molecule has 116 valence electrons. The lowest BCUT2D eigenvalue weighted by Gasteiger charge is -2.19. The third-order valence-corrected chi connectivity index (χ3v) is 4.22. The highest BCUT2D eigenvalue weighted by Crippen LogP contribution is 2.24. The van der Waals surface area contributed by atoms with E-state index in [1.807, 2.05) is 26.0 Å². The van der Waals surface area contributed by atoms with Gasteiger partial charge in [0.1, 0.15) is 5.75 Å². The molecule has 0 radical (unpaired) electrons. The van der Waals surface area contributed by atoms with E-state index in [4.69, 9.17) is 9.84 Å². The average Bonchev–Trinajstić information content (AvgIpc) is 2.99. The van der Waals surface area contributed by atoms with Gasteiger partial charge < -0.3 is 15.2 Å². The van der Waals surface area contributed by atoms with Gasteiger partial charge in [0.15, 0.2) is 0 Å². The molecule has 1 aliphatic rings. The first kappa shape index (κ1) is 15.8. The summed E-state index contributed by atoms with van der Waals surface area (Å²) in [6, 6.07) is 7.23. The lowest BCUT2D eigenvalue weighted by Crippen LogP contribution is -2.38. The molecule has 1 aromatic carbocycles. The average molecular weight is 291 g/mol. The fraction of sp³-hybridized carbons (Fsp3) is 0.588. The van der Waals surface area contributed by atoms with Gasteiger partial charge in [-0.1, -0.05) is 6.92 Å². The summed E-state index contributed by atoms with van der Waals surface area (Å²) in [5.41, 5.74) is 0.616. The van der Waals surface area contributed by atoms with Crippen LogP contribution in [0.15, 0.2) is 24.3 Å². The highest BCUT2D eigenvalue weighted by atomic mass is 16.5. The van der Waals surface area contributed by atoms with E-state index in [0.717, 1.165) is 18.6 Å². The van der Waals surface area contributed by atoms with Gasteiger partial charge in [-0.15, -0.1) is 0 Å². The van der Waals surface area contributed by atoms with E-state index in [1.54, 1.807) is 12.1 Å². The zero-order chi connectivity index (χ0) is 15.2. The number of carbonyl (C=O) groups excluding carboxylic acids is 1. The molecule has 0 aliphatic heterocycles. The Balaban J connectivity index is 1.90. The van der Waals surface area contributed by atoms with Crippen molar-refractivity contribution >= 4 is 5.91 Å². The van der Waals surface area contributed by atoms with Crippen LogP contribution in [0.3, 0.4) is 0 Å². The molecule has 4 nitrogen and oxygen atoms in total. The number of benzene rings is 1. The Kier molecular flexibility index (Phi) is 5.62. The molecule has 2 N–H and O–H groups in total. The lowest BCUT2D eigenvalue weighted by molar-refractivity contribution is 0.0916. The Morgan fingerprint density at radius 1 is 1.29 bits per heavy atom. The first-order chi connectivity index (χ1) is 10.1. The van der Waals surface area contributed by atoms with Gasteiger partial charge in [0.25, 0.3) is 5.91 Å². The molecule has 1 aromatic rings. The predicted octanol–water partition coefficient (Wildman–Crippen LogP) is 2.75. The Morgan fingerprint density at radius 3 is 2.48 bits per heavy atom. The van der Waals surface area contributed by atoms with E-state index in [1.165, 1.54) is 12.8 Å². The Hall–Kier alpha value is -1.55. The van der Waals surface area contributed by atoms with Crippen molar-refractivity contribution in [3.05, 3.63) is 29.8 Å². The highest BCUT2D eigenvalue weighted by molar-refractivity contribution is 5.94. The number of hydrogen-bond donors (Lipinski definition) is 2. The number of ether oxygens (including phenoxy) is 1. The third kappa shape index (κ3) is 4.46. The van der Waals surface area contributed by atoms with Crippen LogP contribution in [0.1, 0.15) is 49.9 Å². The summed E-state index contributed by atoms with van der Waals surface area (Å²) in [6.07, 6.45) is 5.06. The van der Waals surface area contributed by atoms with Gasteiger partial charge in [-0.05, 0) is 62.8 Å². The number of amides is 1. The Morgan fingerprint density at radius 2 is 1.90 bits per heavy atom. The van der Waals surface area contributed by atoms with Crippen molar-refractivity contribution in [3.63, 3.8) is 0 Å². The van der Waals surface area contributed by atoms with Gasteiger partial charge in [-0.2, -0.15) is 0 Å². The van der Waals surface area contributed by atoms with Crippen LogP contribution in [-0.4, -0.2) is 29.8 Å². The number of aliphatic hydroxyl groups is 1. The van der Waals surface area contributed by atoms with E-state index in [0.29, 0.717) is 11.7 Å². The van der Waals surface area contributed by atoms with Crippen LogP contribution in [0, 0.1) is 5.92 Å². The normalized spacial score (nSPS) is 18.2. The lowest BCUT2D eigenvalue weighted by atomic mass is 10.0. The van der Waals surface area contributed by atoms with Crippen molar-refractivity contribution in [3.8, 4) is 5.75 Å². The van der Waals surface area contributed by atoms with Gasteiger partial charge in [0, 0.05) is 18.2 Å². The molecule has 1 fully saturated rings. The summed E-state index contributed by atoms with van der Waals surface area (Å²) in [5, 5.41) is 12.0. The number of rotatable bonds is 6. The van der Waals surface area contributed by atoms with Crippen LogP contribution < -0.4 is 10.1 Å². The Labute approximate surface area is 126 Å². The summed E-state index contributed by atoms with van der Waals surface area (Å²) in [4.78, 5) is 12.1. The number of aliphatic hydroxyl groups excluding tert-OH is 1. The minimum Gasteiger partial charge on any atom is -0.490 e. The van der Waals surface area contributed by atoms with E-state index in [-0.39, 0.29) is 24.5 Å². The van der Waals surface area contributed by atoms with E-state index < -0.39 is 0 Å². The molecule has 0 heterocycles. The van der Waals surface area contributed by atoms with Crippen LogP contribution in [0.4, 0.5) is 0 Å². The van der Waals surface area contributed by atoms with Crippen molar-refractivity contribution in [2.24, 2.45) is 5.92 Å². The first-order valence-corrected chi connectivity index (χ1v) is 7.78. The van der Waals surface area contributed by atoms with E-state index in [2.05, 4.69) is 5.32 Å². The summed E-state index contributed by atoms with van der Waals surface area (Å²) in [5.74, 6) is 0.754. The largest absolute Gasteiger partial charge is 0.490 e. The number of hydrogen-bond acceptors (Lipinski definition) is 3. The fourth-order valence-corrected chi connectivity index (χ4v) is 2.47. The SMILES string of the molecule is CC(CO)C(C)NC(=O)c1ccc(OC2CCCC2)cc1. The second-order valence-corrected chi connectivity index (χ2v) is 5.97. The van der Waals surface area contributed by atoms with Gasteiger partial charge in [0.2, 0.25) is 0 Å². The maximum Gasteiger partial charge on any atom is 0.251 e. The predicted molar refractivity (Wildman–Crippen MR) is 82.5 cm³/mol. The second kappa shape index (κ2) is 7.46. The molecule has 1 saturated carbocycles. The zero-order valence-electron chi connectivity index (χ0n) is 12.8. The van der Waals surface area contributed by atoms with Gasteiger partial charge in [0.05, 0.1) is 6.10 Å². The molecule has 1 amide bonds. The van der Waals surface area contributed by atoms with Gasteiger partial charge in [-0.3, -0.25) is 4.79 Å². The quantitative estimate of drug-likeness (QED) is 0.847. The summed E-state index contributed by atoms with van der Waals surface area (Å²) in [7, 11) is 0. The van der Waals surface area contributed by atoms with Crippen molar-refractivity contribution in [1.82, 2.24) is 5.32 Å². The topological polar surface area (TPSA) is 58.6 Å². The molecule has 2 atom stereocenters. The zero-order valence-corrected chi connectivity index (χ0v) is 12.8. The third-order valence-electron chi connectivity index (χ3n) is 4.22. The summed E-state index contributed by atoms with van der Waals surface area (Å²) >= 11 is 0.